The van der Waals surface area contributed by atoms with E-state index in [1.807, 2.05) is 18.2 Å². The zero-order valence-electron chi connectivity index (χ0n) is 15.0. The molecule has 3 rings (SSSR count). The average Bonchev–Trinajstić information content (AvgIpc) is 2.64. The molecule has 1 fully saturated rings. The molecular weight excluding hydrogens is 310 g/mol. The Hall–Kier alpha value is -2.35. The third-order valence-electron chi connectivity index (χ3n) is 4.83. The van der Waals surface area contributed by atoms with Gasteiger partial charge in [-0.05, 0) is 24.6 Å². The van der Waals surface area contributed by atoms with Crippen molar-refractivity contribution in [3.63, 3.8) is 0 Å². The van der Waals surface area contributed by atoms with Gasteiger partial charge in [0.15, 0.2) is 0 Å². The van der Waals surface area contributed by atoms with E-state index in [1.54, 1.807) is 7.11 Å². The molecule has 0 spiro atoms. The summed E-state index contributed by atoms with van der Waals surface area (Å²) in [5.74, 6) is 0.968. The summed E-state index contributed by atoms with van der Waals surface area (Å²) in [6.45, 7) is 8.01. The number of nitriles is 1. The Balaban J connectivity index is 1.57. The van der Waals surface area contributed by atoms with Crippen LogP contribution in [0.4, 0.5) is 0 Å². The van der Waals surface area contributed by atoms with Gasteiger partial charge in [0.05, 0.1) is 18.7 Å². The Labute approximate surface area is 150 Å². The van der Waals surface area contributed by atoms with Gasteiger partial charge in [0, 0.05) is 44.8 Å². The molecule has 0 unspecified atom stereocenters. The summed E-state index contributed by atoms with van der Waals surface area (Å²) in [7, 11) is 1.73. The molecular formula is C21H25N3O. The van der Waals surface area contributed by atoms with Crippen LogP contribution in [0.15, 0.2) is 42.5 Å². The molecule has 0 amide bonds. The molecule has 2 aromatic rings. The maximum absolute atomic E-state index is 9.24. The lowest BCUT2D eigenvalue weighted by molar-refractivity contribution is 0.121. The van der Waals surface area contributed by atoms with Gasteiger partial charge in [0.25, 0.3) is 0 Å². The number of ether oxygens (including phenoxy) is 1. The quantitative estimate of drug-likeness (QED) is 0.841. The summed E-state index contributed by atoms with van der Waals surface area (Å²) in [6.07, 6.45) is 0. The summed E-state index contributed by atoms with van der Waals surface area (Å²) in [5.41, 5.74) is 4.43. The van der Waals surface area contributed by atoms with Crippen LogP contribution in [0.3, 0.4) is 0 Å². The second-order valence-corrected chi connectivity index (χ2v) is 6.64. The zero-order valence-corrected chi connectivity index (χ0v) is 15.0. The van der Waals surface area contributed by atoms with Crippen molar-refractivity contribution in [2.45, 2.75) is 20.0 Å². The van der Waals surface area contributed by atoms with E-state index in [1.165, 1.54) is 11.1 Å². The first-order chi connectivity index (χ1) is 12.2. The molecule has 1 aliphatic rings. The van der Waals surface area contributed by atoms with Gasteiger partial charge in [-0.1, -0.05) is 35.9 Å². The largest absolute Gasteiger partial charge is 0.496 e. The first-order valence-corrected chi connectivity index (χ1v) is 8.76. The molecule has 0 atom stereocenters. The minimum absolute atomic E-state index is 0.787. The van der Waals surface area contributed by atoms with Gasteiger partial charge in [0.1, 0.15) is 5.75 Å². The number of methoxy groups -OCH3 is 1. The second kappa shape index (κ2) is 8.15. The smallest absolute Gasteiger partial charge is 0.123 e. The van der Waals surface area contributed by atoms with E-state index >= 15 is 0 Å². The number of rotatable bonds is 5. The number of benzene rings is 2. The van der Waals surface area contributed by atoms with Crippen molar-refractivity contribution in [3.05, 3.63) is 64.7 Å². The van der Waals surface area contributed by atoms with Crippen molar-refractivity contribution < 1.29 is 4.74 Å². The molecule has 1 saturated heterocycles. The summed E-state index contributed by atoms with van der Waals surface area (Å²) >= 11 is 0. The lowest BCUT2D eigenvalue weighted by Crippen LogP contribution is -2.45. The highest BCUT2D eigenvalue weighted by Gasteiger charge is 2.19. The first kappa shape index (κ1) is 17.5. The van der Waals surface area contributed by atoms with E-state index < -0.39 is 0 Å². The minimum atomic E-state index is 0.787. The minimum Gasteiger partial charge on any atom is -0.496 e. The van der Waals surface area contributed by atoms with E-state index in [0.717, 1.165) is 56.1 Å². The fourth-order valence-corrected chi connectivity index (χ4v) is 3.39. The van der Waals surface area contributed by atoms with Gasteiger partial charge in [-0.2, -0.15) is 5.26 Å². The fourth-order valence-electron chi connectivity index (χ4n) is 3.39. The van der Waals surface area contributed by atoms with Gasteiger partial charge in [-0.25, -0.2) is 0 Å². The van der Waals surface area contributed by atoms with Crippen molar-refractivity contribution in [2.24, 2.45) is 0 Å². The van der Waals surface area contributed by atoms with Crippen LogP contribution in [0.5, 0.6) is 5.75 Å². The molecule has 25 heavy (non-hydrogen) atoms. The Bertz CT molecular complexity index is 758. The highest BCUT2D eigenvalue weighted by atomic mass is 16.5. The number of nitrogens with zero attached hydrogens (tertiary/aromatic N) is 3. The Morgan fingerprint density at radius 2 is 1.60 bits per heavy atom. The molecule has 0 aromatic heterocycles. The lowest BCUT2D eigenvalue weighted by Gasteiger charge is -2.35. The van der Waals surface area contributed by atoms with Crippen LogP contribution in [0.1, 0.15) is 22.3 Å². The van der Waals surface area contributed by atoms with E-state index in [4.69, 9.17) is 4.74 Å². The molecule has 0 N–H and O–H groups in total. The zero-order chi connectivity index (χ0) is 17.6. The summed E-state index contributed by atoms with van der Waals surface area (Å²) in [4.78, 5) is 4.91. The Morgan fingerprint density at radius 3 is 2.24 bits per heavy atom. The third kappa shape index (κ3) is 4.39. The molecule has 4 heteroatoms. The van der Waals surface area contributed by atoms with Crippen LogP contribution in [-0.4, -0.2) is 43.1 Å². The van der Waals surface area contributed by atoms with E-state index in [0.29, 0.717) is 0 Å². The molecule has 2 aromatic carbocycles. The van der Waals surface area contributed by atoms with E-state index in [9.17, 15) is 5.26 Å². The van der Waals surface area contributed by atoms with Crippen LogP contribution in [-0.2, 0) is 13.1 Å². The van der Waals surface area contributed by atoms with Crippen molar-refractivity contribution in [1.82, 2.24) is 9.80 Å². The molecule has 0 aliphatic carbocycles. The van der Waals surface area contributed by atoms with E-state index in [2.05, 4.69) is 47.1 Å². The highest BCUT2D eigenvalue weighted by Crippen LogP contribution is 2.22. The van der Waals surface area contributed by atoms with Crippen LogP contribution < -0.4 is 4.74 Å². The third-order valence-corrected chi connectivity index (χ3v) is 4.83. The number of hydrogen-bond donors (Lipinski definition) is 0. The molecule has 4 nitrogen and oxygen atoms in total. The predicted octanol–water partition coefficient (Wildman–Crippen LogP) is 3.19. The predicted molar refractivity (Wildman–Crippen MR) is 99.4 cm³/mol. The van der Waals surface area contributed by atoms with Crippen LogP contribution in [0.2, 0.25) is 0 Å². The van der Waals surface area contributed by atoms with E-state index in [-0.39, 0.29) is 0 Å². The van der Waals surface area contributed by atoms with Crippen molar-refractivity contribution in [1.29, 1.82) is 5.26 Å². The Morgan fingerprint density at radius 1 is 0.960 bits per heavy atom. The monoisotopic (exact) mass is 335 g/mol. The maximum atomic E-state index is 9.24. The number of piperazine rings is 1. The first-order valence-electron chi connectivity index (χ1n) is 8.76. The molecule has 130 valence electrons. The van der Waals surface area contributed by atoms with Gasteiger partial charge < -0.3 is 4.74 Å². The molecule has 0 saturated carbocycles. The Kier molecular flexibility index (Phi) is 5.70. The van der Waals surface area contributed by atoms with Crippen LogP contribution in [0.25, 0.3) is 0 Å². The standard InChI is InChI=1S/C21H25N3O/c1-17-7-8-21(25-2)20(13-17)16-24-11-9-23(10-12-24)15-19-6-4-3-5-18(19)14-22/h3-8,13H,9-12,15-16H2,1-2H3. The molecule has 0 bridgehead atoms. The van der Waals surface area contributed by atoms with Crippen molar-refractivity contribution in [3.8, 4) is 11.8 Å². The molecule has 1 heterocycles. The number of hydrogen-bond acceptors (Lipinski definition) is 4. The van der Waals surface area contributed by atoms with Gasteiger partial charge >= 0.3 is 0 Å². The SMILES string of the molecule is COc1ccc(C)cc1CN1CCN(Cc2ccccc2C#N)CC1. The summed E-state index contributed by atoms with van der Waals surface area (Å²) in [6, 6.07) is 16.5. The van der Waals surface area contributed by atoms with Crippen LogP contribution in [0, 0.1) is 18.3 Å². The summed E-state index contributed by atoms with van der Waals surface area (Å²) in [5, 5.41) is 9.24. The van der Waals surface area contributed by atoms with Crippen molar-refractivity contribution in [2.75, 3.05) is 33.3 Å². The number of aryl methyl sites for hydroxylation is 1. The molecule has 1 aliphatic heterocycles. The topological polar surface area (TPSA) is 39.5 Å². The summed E-state index contributed by atoms with van der Waals surface area (Å²) < 4.78 is 5.50. The second-order valence-electron chi connectivity index (χ2n) is 6.64. The maximum Gasteiger partial charge on any atom is 0.123 e. The van der Waals surface area contributed by atoms with Gasteiger partial charge in [-0.3, -0.25) is 9.80 Å². The fraction of sp³-hybridized carbons (Fsp3) is 0.381. The van der Waals surface area contributed by atoms with Gasteiger partial charge in [-0.15, -0.1) is 0 Å². The lowest BCUT2D eigenvalue weighted by atomic mass is 10.1. The molecule has 0 radical (unpaired) electrons. The van der Waals surface area contributed by atoms with Gasteiger partial charge in [0.2, 0.25) is 0 Å². The highest BCUT2D eigenvalue weighted by molar-refractivity contribution is 5.38. The van der Waals surface area contributed by atoms with Crippen molar-refractivity contribution >= 4 is 0 Å². The normalized spacial score (nSPS) is 15.7. The average molecular weight is 335 g/mol. The van der Waals surface area contributed by atoms with Crippen LogP contribution >= 0.6 is 0 Å².